The van der Waals surface area contributed by atoms with Crippen molar-refractivity contribution in [3.8, 4) is 22.7 Å². The number of rotatable bonds is 7. The average Bonchev–Trinajstić information content (AvgIpc) is 3.04. The van der Waals surface area contributed by atoms with E-state index >= 15 is 0 Å². The second-order valence-electron chi connectivity index (χ2n) is 5.40. The van der Waals surface area contributed by atoms with E-state index in [1.165, 1.54) is 23.9 Å². The molecule has 0 aliphatic carbocycles. The van der Waals surface area contributed by atoms with E-state index in [9.17, 15) is 13.6 Å². The van der Waals surface area contributed by atoms with E-state index in [0.717, 1.165) is 15.7 Å². The van der Waals surface area contributed by atoms with Crippen LogP contribution < -0.4 is 10.5 Å². The van der Waals surface area contributed by atoms with Crippen LogP contribution in [0.3, 0.4) is 0 Å². The lowest BCUT2D eigenvalue weighted by molar-refractivity contribution is -0.115. The van der Waals surface area contributed by atoms with E-state index in [2.05, 4.69) is 25.7 Å². The van der Waals surface area contributed by atoms with Crippen molar-refractivity contribution in [3.63, 3.8) is 0 Å². The summed E-state index contributed by atoms with van der Waals surface area (Å²) in [6.07, 6.45) is 1.69. The summed E-state index contributed by atoms with van der Waals surface area (Å²) in [5.74, 6) is -0.325. The summed E-state index contributed by atoms with van der Waals surface area (Å²) in [6.45, 7) is -2.89. The first-order valence-electron chi connectivity index (χ1n) is 7.74. The number of nitrogens with zero attached hydrogens (tertiary/aromatic N) is 2. The molecule has 0 unspecified atom stereocenters. The van der Waals surface area contributed by atoms with Crippen LogP contribution >= 0.6 is 27.7 Å². The van der Waals surface area contributed by atoms with Crippen molar-refractivity contribution >= 4 is 33.6 Å². The molecule has 0 saturated carbocycles. The SMILES string of the molecule is NC(=O)CSc1ncc(-c2ccc(Br)cc2)n1-c1ccc(OC(F)F)cc1. The van der Waals surface area contributed by atoms with Gasteiger partial charge in [-0.2, -0.15) is 8.78 Å². The minimum absolute atomic E-state index is 0.0606. The maximum Gasteiger partial charge on any atom is 0.387 e. The number of ether oxygens (including phenoxy) is 1. The maximum atomic E-state index is 12.4. The van der Waals surface area contributed by atoms with Crippen molar-refractivity contribution in [2.45, 2.75) is 11.8 Å². The second kappa shape index (κ2) is 8.53. The summed E-state index contributed by atoms with van der Waals surface area (Å²) in [7, 11) is 0. The van der Waals surface area contributed by atoms with Gasteiger partial charge in [-0.1, -0.05) is 39.8 Å². The van der Waals surface area contributed by atoms with Crippen molar-refractivity contribution in [1.82, 2.24) is 9.55 Å². The fraction of sp³-hybridized carbons (Fsp3) is 0.111. The monoisotopic (exact) mass is 453 g/mol. The number of carbonyl (C=O) groups excluding carboxylic acids is 1. The molecule has 3 aromatic rings. The number of imidazole rings is 1. The molecule has 1 amide bonds. The van der Waals surface area contributed by atoms with Crippen LogP contribution in [0.25, 0.3) is 16.9 Å². The fourth-order valence-corrected chi connectivity index (χ4v) is 3.42. The number of hydrogen-bond acceptors (Lipinski definition) is 4. The molecule has 9 heteroatoms. The second-order valence-corrected chi connectivity index (χ2v) is 7.25. The summed E-state index contributed by atoms with van der Waals surface area (Å²) >= 11 is 4.60. The smallest absolute Gasteiger partial charge is 0.387 e. The maximum absolute atomic E-state index is 12.4. The van der Waals surface area contributed by atoms with Gasteiger partial charge in [0.1, 0.15) is 5.75 Å². The van der Waals surface area contributed by atoms with Gasteiger partial charge in [-0.05, 0) is 36.4 Å². The molecule has 1 aromatic heterocycles. The molecule has 0 radical (unpaired) electrons. The molecule has 0 saturated heterocycles. The van der Waals surface area contributed by atoms with Crippen molar-refractivity contribution in [2.24, 2.45) is 5.73 Å². The molecule has 0 atom stereocenters. The highest BCUT2D eigenvalue weighted by Crippen LogP contribution is 2.31. The zero-order chi connectivity index (χ0) is 19.4. The Kier molecular flexibility index (Phi) is 6.12. The molecule has 1 heterocycles. The van der Waals surface area contributed by atoms with Gasteiger partial charge in [0.15, 0.2) is 5.16 Å². The molecule has 3 rings (SSSR count). The van der Waals surface area contributed by atoms with Gasteiger partial charge in [0.2, 0.25) is 5.91 Å². The summed E-state index contributed by atoms with van der Waals surface area (Å²) in [5.41, 5.74) is 7.63. The zero-order valence-electron chi connectivity index (χ0n) is 13.8. The summed E-state index contributed by atoms with van der Waals surface area (Å²) < 4.78 is 31.9. The number of halogens is 3. The van der Waals surface area contributed by atoms with Crippen LogP contribution in [0, 0.1) is 0 Å². The predicted molar refractivity (Wildman–Crippen MR) is 103 cm³/mol. The summed E-state index contributed by atoms with van der Waals surface area (Å²) in [6, 6.07) is 13.9. The first-order chi connectivity index (χ1) is 12.9. The Balaban J connectivity index is 2.02. The Morgan fingerprint density at radius 1 is 1.19 bits per heavy atom. The quantitative estimate of drug-likeness (QED) is 0.535. The van der Waals surface area contributed by atoms with E-state index < -0.39 is 12.5 Å². The van der Waals surface area contributed by atoms with Gasteiger partial charge >= 0.3 is 6.61 Å². The number of primary amides is 1. The minimum atomic E-state index is -2.89. The number of amides is 1. The Labute approximate surface area is 166 Å². The number of hydrogen-bond donors (Lipinski definition) is 1. The lowest BCUT2D eigenvalue weighted by atomic mass is 10.1. The molecule has 0 aliphatic rings. The van der Waals surface area contributed by atoms with Crippen molar-refractivity contribution < 1.29 is 18.3 Å². The number of thioether (sulfide) groups is 1. The highest BCUT2D eigenvalue weighted by atomic mass is 79.9. The molecular formula is C18H14BrF2N3O2S. The topological polar surface area (TPSA) is 70.1 Å². The van der Waals surface area contributed by atoms with E-state index in [-0.39, 0.29) is 11.5 Å². The number of aromatic nitrogens is 2. The van der Waals surface area contributed by atoms with E-state index in [1.807, 2.05) is 28.8 Å². The first kappa shape index (κ1) is 19.4. The number of alkyl halides is 2. The van der Waals surface area contributed by atoms with Gasteiger partial charge in [-0.25, -0.2) is 4.98 Å². The summed E-state index contributed by atoms with van der Waals surface area (Å²) in [5, 5.41) is 0.564. The van der Waals surface area contributed by atoms with Crippen LogP contribution in [-0.2, 0) is 4.79 Å². The number of nitrogens with two attached hydrogens (primary N) is 1. The highest BCUT2D eigenvalue weighted by Gasteiger charge is 2.15. The zero-order valence-corrected chi connectivity index (χ0v) is 16.2. The third-order valence-electron chi connectivity index (χ3n) is 3.53. The van der Waals surface area contributed by atoms with Gasteiger partial charge in [0, 0.05) is 15.7 Å². The lowest BCUT2D eigenvalue weighted by Gasteiger charge is -2.13. The first-order valence-corrected chi connectivity index (χ1v) is 9.52. The van der Waals surface area contributed by atoms with E-state index in [4.69, 9.17) is 5.73 Å². The third kappa shape index (κ3) is 4.86. The van der Waals surface area contributed by atoms with E-state index in [0.29, 0.717) is 10.8 Å². The van der Waals surface area contributed by atoms with Crippen LogP contribution in [0.4, 0.5) is 8.78 Å². The Bertz CT molecular complexity index is 931. The summed E-state index contributed by atoms with van der Waals surface area (Å²) in [4.78, 5) is 15.5. The van der Waals surface area contributed by atoms with Crippen LogP contribution in [0.2, 0.25) is 0 Å². The fourth-order valence-electron chi connectivity index (χ4n) is 2.42. The Hall–Kier alpha value is -2.39. The van der Waals surface area contributed by atoms with Crippen molar-refractivity contribution in [3.05, 3.63) is 59.2 Å². The highest BCUT2D eigenvalue weighted by molar-refractivity contribution is 9.10. The number of benzene rings is 2. The van der Waals surface area contributed by atoms with E-state index in [1.54, 1.807) is 18.3 Å². The van der Waals surface area contributed by atoms with Crippen molar-refractivity contribution in [2.75, 3.05) is 5.75 Å². The Morgan fingerprint density at radius 3 is 2.44 bits per heavy atom. The van der Waals surface area contributed by atoms with Gasteiger partial charge in [-0.15, -0.1) is 0 Å². The number of carbonyl (C=O) groups is 1. The lowest BCUT2D eigenvalue weighted by Crippen LogP contribution is -2.13. The molecule has 140 valence electrons. The van der Waals surface area contributed by atoms with Crippen LogP contribution in [-0.4, -0.2) is 27.8 Å². The standard InChI is InChI=1S/C18H14BrF2N3O2S/c19-12-3-1-11(2-4-12)15-9-23-18(27-10-16(22)25)24(15)13-5-7-14(8-6-13)26-17(20)21/h1-9,17H,10H2,(H2,22,25). The van der Waals surface area contributed by atoms with Crippen LogP contribution in [0.1, 0.15) is 0 Å². The molecule has 2 aromatic carbocycles. The minimum Gasteiger partial charge on any atom is -0.435 e. The average molecular weight is 454 g/mol. The molecule has 0 fully saturated rings. The molecule has 0 bridgehead atoms. The predicted octanol–water partition coefficient (Wildman–Crippen LogP) is 4.48. The molecule has 0 spiro atoms. The van der Waals surface area contributed by atoms with Gasteiger partial charge < -0.3 is 10.5 Å². The van der Waals surface area contributed by atoms with Crippen molar-refractivity contribution in [1.29, 1.82) is 0 Å². The molecule has 27 heavy (non-hydrogen) atoms. The molecule has 2 N–H and O–H groups in total. The molecular weight excluding hydrogens is 440 g/mol. The van der Waals surface area contributed by atoms with Crippen LogP contribution in [0.15, 0.2) is 64.4 Å². The largest absolute Gasteiger partial charge is 0.435 e. The molecule has 5 nitrogen and oxygen atoms in total. The third-order valence-corrected chi connectivity index (χ3v) is 5.04. The van der Waals surface area contributed by atoms with Crippen LogP contribution in [0.5, 0.6) is 5.75 Å². The Morgan fingerprint density at radius 2 is 1.85 bits per heavy atom. The molecule has 0 aliphatic heterocycles. The normalized spacial score (nSPS) is 11.0. The van der Waals surface area contributed by atoms with Gasteiger partial charge in [-0.3, -0.25) is 9.36 Å². The van der Waals surface area contributed by atoms with Gasteiger partial charge in [0.25, 0.3) is 0 Å². The van der Waals surface area contributed by atoms with Gasteiger partial charge in [0.05, 0.1) is 17.6 Å².